The molecule has 6 nitrogen and oxygen atoms in total. The third-order valence-corrected chi connectivity index (χ3v) is 3.23. The summed E-state index contributed by atoms with van der Waals surface area (Å²) < 4.78 is 0. The smallest absolute Gasteiger partial charge is 0.242 e. The van der Waals surface area contributed by atoms with E-state index < -0.39 is 0 Å². The summed E-state index contributed by atoms with van der Waals surface area (Å²) in [7, 11) is 0. The molecule has 1 rings (SSSR count). The van der Waals surface area contributed by atoms with Crippen LogP contribution in [0.4, 0.5) is 0 Å². The molecule has 0 saturated carbocycles. The molecular formula is C18H27N3O3. The van der Waals surface area contributed by atoms with E-state index in [4.69, 9.17) is 0 Å². The number of hydrogen-bond donors (Lipinski definition) is 2. The maximum Gasteiger partial charge on any atom is 0.242 e. The van der Waals surface area contributed by atoms with Crippen LogP contribution in [0.25, 0.3) is 0 Å². The SMILES string of the molecule is CCN(CC(=O)NC(C)(C)C)C(=O)CNC(=O)Cc1ccccc1. The van der Waals surface area contributed by atoms with Crippen molar-refractivity contribution in [1.29, 1.82) is 0 Å². The quantitative estimate of drug-likeness (QED) is 0.784. The first-order valence-electron chi connectivity index (χ1n) is 8.10. The molecule has 0 radical (unpaired) electrons. The minimum Gasteiger partial charge on any atom is -0.350 e. The number of carbonyl (C=O) groups is 3. The van der Waals surface area contributed by atoms with Crippen LogP contribution in [0.5, 0.6) is 0 Å². The number of likely N-dealkylation sites (N-methyl/N-ethyl adjacent to an activating group) is 1. The Balaban J connectivity index is 2.43. The highest BCUT2D eigenvalue weighted by Gasteiger charge is 2.19. The number of hydrogen-bond acceptors (Lipinski definition) is 3. The predicted molar refractivity (Wildman–Crippen MR) is 93.3 cm³/mol. The van der Waals surface area contributed by atoms with Gasteiger partial charge in [-0.3, -0.25) is 14.4 Å². The zero-order valence-electron chi connectivity index (χ0n) is 14.9. The van der Waals surface area contributed by atoms with Gasteiger partial charge in [-0.1, -0.05) is 30.3 Å². The van der Waals surface area contributed by atoms with E-state index in [2.05, 4.69) is 10.6 Å². The maximum absolute atomic E-state index is 12.2. The van der Waals surface area contributed by atoms with Crippen LogP contribution < -0.4 is 10.6 Å². The maximum atomic E-state index is 12.2. The van der Waals surface area contributed by atoms with Crippen LogP contribution in [-0.2, 0) is 20.8 Å². The van der Waals surface area contributed by atoms with Gasteiger partial charge in [-0.15, -0.1) is 0 Å². The first-order chi connectivity index (χ1) is 11.2. The Bertz CT molecular complexity index is 565. The molecular weight excluding hydrogens is 306 g/mol. The molecule has 6 heteroatoms. The van der Waals surface area contributed by atoms with Gasteiger partial charge in [0.1, 0.15) is 0 Å². The van der Waals surface area contributed by atoms with E-state index >= 15 is 0 Å². The number of nitrogens with one attached hydrogen (secondary N) is 2. The number of carbonyl (C=O) groups excluding carboxylic acids is 3. The average Bonchev–Trinajstić information content (AvgIpc) is 2.49. The molecule has 3 amide bonds. The molecule has 0 aliphatic rings. The molecule has 0 aliphatic carbocycles. The lowest BCUT2D eigenvalue weighted by Gasteiger charge is -2.25. The highest BCUT2D eigenvalue weighted by atomic mass is 16.2. The topological polar surface area (TPSA) is 78.5 Å². The fourth-order valence-electron chi connectivity index (χ4n) is 2.14. The Hall–Kier alpha value is -2.37. The van der Waals surface area contributed by atoms with Crippen LogP contribution in [0.15, 0.2) is 30.3 Å². The lowest BCUT2D eigenvalue weighted by atomic mass is 10.1. The van der Waals surface area contributed by atoms with E-state index in [1.165, 1.54) is 4.90 Å². The minimum absolute atomic E-state index is 0.0127. The molecule has 0 fully saturated rings. The third kappa shape index (κ3) is 7.76. The van der Waals surface area contributed by atoms with Crippen LogP contribution in [0.1, 0.15) is 33.3 Å². The molecule has 0 bridgehead atoms. The molecule has 0 aliphatic heterocycles. The monoisotopic (exact) mass is 333 g/mol. The average molecular weight is 333 g/mol. The summed E-state index contributed by atoms with van der Waals surface area (Å²) in [5.74, 6) is -0.707. The van der Waals surface area contributed by atoms with Gasteiger partial charge < -0.3 is 15.5 Å². The fourth-order valence-corrected chi connectivity index (χ4v) is 2.14. The van der Waals surface area contributed by atoms with Gasteiger partial charge in [0, 0.05) is 12.1 Å². The van der Waals surface area contributed by atoms with Gasteiger partial charge >= 0.3 is 0 Å². The second kappa shape index (κ2) is 9.05. The van der Waals surface area contributed by atoms with Crippen LogP contribution in [-0.4, -0.2) is 47.8 Å². The van der Waals surface area contributed by atoms with Crippen LogP contribution in [0.3, 0.4) is 0 Å². The standard InChI is InChI=1S/C18H27N3O3/c1-5-21(13-16(23)20-18(2,3)4)17(24)12-19-15(22)11-14-9-7-6-8-10-14/h6-10H,5,11-13H2,1-4H3,(H,19,22)(H,20,23). The van der Waals surface area contributed by atoms with Gasteiger partial charge in [-0.25, -0.2) is 0 Å². The van der Waals surface area contributed by atoms with Crippen LogP contribution >= 0.6 is 0 Å². The highest BCUT2D eigenvalue weighted by Crippen LogP contribution is 2.00. The molecule has 132 valence electrons. The van der Waals surface area contributed by atoms with Crippen molar-refractivity contribution in [3.63, 3.8) is 0 Å². The van der Waals surface area contributed by atoms with Crippen LogP contribution in [0.2, 0.25) is 0 Å². The van der Waals surface area contributed by atoms with Gasteiger partial charge in [-0.05, 0) is 33.3 Å². The molecule has 0 saturated heterocycles. The summed E-state index contributed by atoms with van der Waals surface area (Å²) in [4.78, 5) is 37.4. The lowest BCUT2D eigenvalue weighted by molar-refractivity contribution is -0.136. The summed E-state index contributed by atoms with van der Waals surface area (Å²) in [6, 6.07) is 9.32. The van der Waals surface area contributed by atoms with E-state index in [9.17, 15) is 14.4 Å². The first-order valence-corrected chi connectivity index (χ1v) is 8.10. The molecule has 1 aromatic carbocycles. The molecule has 0 aromatic heterocycles. The third-order valence-electron chi connectivity index (χ3n) is 3.23. The number of amides is 3. The molecule has 0 unspecified atom stereocenters. The Morgan fingerprint density at radius 2 is 1.67 bits per heavy atom. The van der Waals surface area contributed by atoms with Crippen LogP contribution in [0, 0.1) is 0 Å². The van der Waals surface area contributed by atoms with Crippen molar-refractivity contribution in [3.05, 3.63) is 35.9 Å². The molecule has 24 heavy (non-hydrogen) atoms. The van der Waals surface area contributed by atoms with E-state index in [-0.39, 0.29) is 42.8 Å². The summed E-state index contributed by atoms with van der Waals surface area (Å²) >= 11 is 0. The summed E-state index contributed by atoms with van der Waals surface area (Å²) in [6.45, 7) is 7.73. The van der Waals surface area contributed by atoms with Crippen molar-refractivity contribution in [1.82, 2.24) is 15.5 Å². The van der Waals surface area contributed by atoms with Gasteiger partial charge in [0.2, 0.25) is 17.7 Å². The van der Waals surface area contributed by atoms with Crippen molar-refractivity contribution < 1.29 is 14.4 Å². The zero-order chi connectivity index (χ0) is 18.2. The molecule has 0 spiro atoms. The molecule has 1 aromatic rings. The van der Waals surface area contributed by atoms with E-state index in [0.29, 0.717) is 6.54 Å². The Kier molecular flexibility index (Phi) is 7.42. The van der Waals surface area contributed by atoms with Gasteiger partial charge in [0.25, 0.3) is 0 Å². The first kappa shape index (κ1) is 19.7. The molecule has 2 N–H and O–H groups in total. The summed E-state index contributed by atoms with van der Waals surface area (Å²) in [5.41, 5.74) is 0.544. The van der Waals surface area contributed by atoms with E-state index in [1.54, 1.807) is 6.92 Å². The second-order valence-electron chi connectivity index (χ2n) is 6.65. The van der Waals surface area contributed by atoms with E-state index in [1.807, 2.05) is 51.1 Å². The Labute approximate surface area is 143 Å². The largest absolute Gasteiger partial charge is 0.350 e. The van der Waals surface area contributed by atoms with Crippen molar-refractivity contribution >= 4 is 17.7 Å². The fraction of sp³-hybridized carbons (Fsp3) is 0.500. The van der Waals surface area contributed by atoms with Crippen molar-refractivity contribution in [3.8, 4) is 0 Å². The Morgan fingerprint density at radius 3 is 2.21 bits per heavy atom. The van der Waals surface area contributed by atoms with E-state index in [0.717, 1.165) is 5.56 Å². The van der Waals surface area contributed by atoms with Gasteiger partial charge in [-0.2, -0.15) is 0 Å². The predicted octanol–water partition coefficient (Wildman–Crippen LogP) is 1.11. The minimum atomic E-state index is -0.344. The summed E-state index contributed by atoms with van der Waals surface area (Å²) in [5, 5.41) is 5.42. The number of rotatable bonds is 7. The highest BCUT2D eigenvalue weighted by molar-refractivity contribution is 5.88. The number of nitrogens with zero attached hydrogens (tertiary/aromatic N) is 1. The molecule has 0 heterocycles. The molecule has 0 atom stereocenters. The zero-order valence-corrected chi connectivity index (χ0v) is 14.9. The van der Waals surface area contributed by atoms with Crippen molar-refractivity contribution in [2.75, 3.05) is 19.6 Å². The normalized spacial score (nSPS) is 10.8. The second-order valence-corrected chi connectivity index (χ2v) is 6.65. The van der Waals surface area contributed by atoms with Crippen molar-refractivity contribution in [2.24, 2.45) is 0 Å². The Morgan fingerprint density at radius 1 is 1.04 bits per heavy atom. The van der Waals surface area contributed by atoms with Gasteiger partial charge in [0.05, 0.1) is 19.5 Å². The van der Waals surface area contributed by atoms with Crippen molar-refractivity contribution in [2.45, 2.75) is 39.7 Å². The number of benzene rings is 1. The summed E-state index contributed by atoms with van der Waals surface area (Å²) in [6.07, 6.45) is 0.227. The lowest BCUT2D eigenvalue weighted by Crippen LogP contribution is -2.49. The van der Waals surface area contributed by atoms with Gasteiger partial charge in [0.15, 0.2) is 0 Å².